The molecule has 0 spiro atoms. The van der Waals surface area contributed by atoms with Crippen LogP contribution >= 0.6 is 11.6 Å². The van der Waals surface area contributed by atoms with Gasteiger partial charge in [0.25, 0.3) is 0 Å². The van der Waals surface area contributed by atoms with E-state index in [1.807, 2.05) is 19.2 Å². The number of hydrogen-bond acceptors (Lipinski definition) is 6. The van der Waals surface area contributed by atoms with Gasteiger partial charge in [-0.2, -0.15) is 4.98 Å². The van der Waals surface area contributed by atoms with Crippen LogP contribution in [0.3, 0.4) is 0 Å². The predicted octanol–water partition coefficient (Wildman–Crippen LogP) is 2.24. The molecule has 0 bridgehead atoms. The summed E-state index contributed by atoms with van der Waals surface area (Å²) in [6.45, 7) is 3.11. The van der Waals surface area contributed by atoms with E-state index in [4.69, 9.17) is 25.6 Å². The summed E-state index contributed by atoms with van der Waals surface area (Å²) in [5.41, 5.74) is 0.950. The van der Waals surface area contributed by atoms with Crippen LogP contribution in [-0.2, 0) is 12.8 Å². The number of hydrogen-bond donors (Lipinski definition) is 1. The Balaban J connectivity index is 1.74. The molecule has 0 radical (unpaired) electrons. The minimum absolute atomic E-state index is 0.300. The van der Waals surface area contributed by atoms with Crippen molar-refractivity contribution in [3.63, 3.8) is 0 Å². The number of halogens is 1. The van der Waals surface area contributed by atoms with Gasteiger partial charge < -0.3 is 19.3 Å². The Morgan fingerprint density at radius 2 is 2.14 bits per heavy atom. The van der Waals surface area contributed by atoms with E-state index in [2.05, 4.69) is 22.4 Å². The van der Waals surface area contributed by atoms with E-state index in [0.717, 1.165) is 12.0 Å². The van der Waals surface area contributed by atoms with Gasteiger partial charge in [0.05, 0.1) is 11.4 Å². The van der Waals surface area contributed by atoms with Gasteiger partial charge in [-0.15, -0.1) is 0 Å². The molecule has 0 saturated carbocycles. The van der Waals surface area contributed by atoms with Crippen molar-refractivity contribution >= 4 is 11.6 Å². The molecule has 3 rings (SSSR count). The summed E-state index contributed by atoms with van der Waals surface area (Å²) in [5, 5.41) is 7.68. The van der Waals surface area contributed by atoms with Crippen LogP contribution in [0.2, 0.25) is 5.02 Å². The van der Waals surface area contributed by atoms with Crippen LogP contribution in [0.4, 0.5) is 0 Å². The van der Waals surface area contributed by atoms with E-state index in [0.29, 0.717) is 53.9 Å². The van der Waals surface area contributed by atoms with Crippen LogP contribution < -0.4 is 14.8 Å². The van der Waals surface area contributed by atoms with Gasteiger partial charge >= 0.3 is 0 Å². The second-order valence-electron chi connectivity index (χ2n) is 5.28. The summed E-state index contributed by atoms with van der Waals surface area (Å²) in [6, 6.07) is 4.05. The van der Waals surface area contributed by atoms with Crippen LogP contribution in [-0.4, -0.2) is 36.4 Å². The lowest BCUT2D eigenvalue weighted by molar-refractivity contribution is 0.171. The molecule has 22 heavy (non-hydrogen) atoms. The fraction of sp³-hybridized carbons (Fsp3) is 0.467. The van der Waals surface area contributed by atoms with E-state index in [9.17, 15) is 0 Å². The molecular weight excluding hydrogens is 306 g/mol. The van der Waals surface area contributed by atoms with Crippen LogP contribution in [0.1, 0.15) is 24.2 Å². The fourth-order valence-corrected chi connectivity index (χ4v) is 2.55. The van der Waals surface area contributed by atoms with Crippen LogP contribution in [0.5, 0.6) is 11.5 Å². The lowest BCUT2D eigenvalue weighted by Crippen LogP contribution is -2.24. The Hall–Kier alpha value is -1.79. The molecule has 7 heteroatoms. The Labute approximate surface area is 133 Å². The van der Waals surface area contributed by atoms with Gasteiger partial charge in [0.2, 0.25) is 5.89 Å². The van der Waals surface area contributed by atoms with Gasteiger partial charge in [0, 0.05) is 12.5 Å². The summed E-state index contributed by atoms with van der Waals surface area (Å²) < 4.78 is 16.4. The molecule has 0 aliphatic carbocycles. The van der Waals surface area contributed by atoms with Gasteiger partial charge in [-0.3, -0.25) is 0 Å². The maximum absolute atomic E-state index is 6.23. The minimum Gasteiger partial charge on any atom is -0.486 e. The number of fused-ring (bicyclic) bond motifs is 1. The van der Waals surface area contributed by atoms with E-state index in [-0.39, 0.29) is 0 Å². The van der Waals surface area contributed by atoms with Crippen molar-refractivity contribution in [2.24, 2.45) is 0 Å². The molecule has 118 valence electrons. The zero-order valence-corrected chi connectivity index (χ0v) is 13.3. The van der Waals surface area contributed by atoms with Crippen molar-refractivity contribution in [3.8, 4) is 11.5 Å². The second kappa shape index (κ2) is 6.54. The molecule has 0 amide bonds. The average Bonchev–Trinajstić information content (AvgIpc) is 2.94. The fourth-order valence-electron chi connectivity index (χ4n) is 2.26. The molecule has 2 heterocycles. The van der Waals surface area contributed by atoms with E-state index in [1.165, 1.54) is 0 Å². The molecule has 6 nitrogen and oxygen atoms in total. The SMILES string of the molecule is CNC(C)Cc1noc(Cc2cc(Cl)c3c(c2)OCCO3)n1. The van der Waals surface area contributed by atoms with Crippen molar-refractivity contribution in [1.29, 1.82) is 0 Å². The number of nitrogens with one attached hydrogen (secondary N) is 1. The third kappa shape index (κ3) is 3.34. The molecule has 1 aromatic carbocycles. The lowest BCUT2D eigenvalue weighted by atomic mass is 10.1. The molecule has 1 unspecified atom stereocenters. The summed E-state index contributed by atoms with van der Waals surface area (Å²) in [7, 11) is 1.91. The number of benzene rings is 1. The molecule has 1 aromatic heterocycles. The monoisotopic (exact) mass is 323 g/mol. The molecule has 1 aliphatic heterocycles. The highest BCUT2D eigenvalue weighted by Crippen LogP contribution is 2.38. The van der Waals surface area contributed by atoms with Gasteiger partial charge in [-0.05, 0) is 31.7 Å². The molecule has 1 atom stereocenters. The first-order valence-electron chi connectivity index (χ1n) is 7.22. The number of rotatable bonds is 5. The molecule has 1 N–H and O–H groups in total. The van der Waals surface area contributed by atoms with E-state index >= 15 is 0 Å². The lowest BCUT2D eigenvalue weighted by Gasteiger charge is -2.20. The summed E-state index contributed by atoms with van der Waals surface area (Å²) >= 11 is 6.23. The standard InChI is InChI=1S/C15H18ClN3O3/c1-9(17-2)5-13-18-14(22-19-13)8-10-6-11(16)15-12(7-10)20-3-4-21-15/h6-7,9,17H,3-5,8H2,1-2H3. The van der Waals surface area contributed by atoms with E-state index < -0.39 is 0 Å². The number of nitrogens with zero attached hydrogens (tertiary/aromatic N) is 2. The first kappa shape index (κ1) is 15.1. The van der Waals surface area contributed by atoms with Gasteiger partial charge in [0.1, 0.15) is 13.2 Å². The van der Waals surface area contributed by atoms with Gasteiger partial charge in [-0.1, -0.05) is 16.8 Å². The largest absolute Gasteiger partial charge is 0.486 e. The molecule has 0 fully saturated rings. The Kier molecular flexibility index (Phi) is 4.49. The quantitative estimate of drug-likeness (QED) is 0.910. The van der Waals surface area contributed by atoms with E-state index in [1.54, 1.807) is 0 Å². The zero-order valence-electron chi connectivity index (χ0n) is 12.6. The van der Waals surface area contributed by atoms with Crippen LogP contribution in [0.25, 0.3) is 0 Å². The van der Waals surface area contributed by atoms with Gasteiger partial charge in [0.15, 0.2) is 17.3 Å². The van der Waals surface area contributed by atoms with Crippen molar-refractivity contribution in [2.75, 3.05) is 20.3 Å². The van der Waals surface area contributed by atoms with Crippen LogP contribution in [0, 0.1) is 0 Å². The first-order valence-corrected chi connectivity index (χ1v) is 7.60. The van der Waals surface area contributed by atoms with Gasteiger partial charge in [-0.25, -0.2) is 0 Å². The smallest absolute Gasteiger partial charge is 0.231 e. The second-order valence-corrected chi connectivity index (χ2v) is 5.68. The molecule has 2 aromatic rings. The third-order valence-corrected chi connectivity index (χ3v) is 3.78. The predicted molar refractivity (Wildman–Crippen MR) is 81.8 cm³/mol. The molecular formula is C15H18ClN3O3. The molecule has 0 saturated heterocycles. The Morgan fingerprint density at radius 3 is 2.95 bits per heavy atom. The third-order valence-electron chi connectivity index (χ3n) is 3.50. The highest BCUT2D eigenvalue weighted by molar-refractivity contribution is 6.32. The maximum atomic E-state index is 6.23. The highest BCUT2D eigenvalue weighted by atomic mass is 35.5. The summed E-state index contributed by atoms with van der Waals surface area (Å²) in [5.74, 6) is 2.52. The summed E-state index contributed by atoms with van der Waals surface area (Å²) in [4.78, 5) is 4.40. The number of ether oxygens (including phenoxy) is 2. The topological polar surface area (TPSA) is 69.4 Å². The average molecular weight is 324 g/mol. The maximum Gasteiger partial charge on any atom is 0.231 e. The number of likely N-dealkylation sites (N-methyl/N-ethyl adjacent to an activating group) is 1. The van der Waals surface area contributed by atoms with Crippen molar-refractivity contribution in [2.45, 2.75) is 25.8 Å². The molecule has 1 aliphatic rings. The summed E-state index contributed by atoms with van der Waals surface area (Å²) in [6.07, 6.45) is 1.24. The van der Waals surface area contributed by atoms with Crippen LogP contribution in [0.15, 0.2) is 16.7 Å². The highest BCUT2D eigenvalue weighted by Gasteiger charge is 2.18. The zero-order chi connectivity index (χ0) is 15.5. The number of aromatic nitrogens is 2. The van der Waals surface area contributed by atoms with Crippen molar-refractivity contribution < 1.29 is 14.0 Å². The minimum atomic E-state index is 0.300. The van der Waals surface area contributed by atoms with Crippen molar-refractivity contribution in [3.05, 3.63) is 34.4 Å². The first-order chi connectivity index (χ1) is 10.7. The normalized spacial score (nSPS) is 14.9. The Bertz CT molecular complexity index is 659. The Morgan fingerprint density at radius 1 is 1.32 bits per heavy atom. The van der Waals surface area contributed by atoms with Crippen molar-refractivity contribution in [1.82, 2.24) is 15.5 Å².